The highest BCUT2D eigenvalue weighted by atomic mass is 16.6. The van der Waals surface area contributed by atoms with Crippen LogP contribution in [0.4, 0.5) is 10.5 Å². The number of methoxy groups -OCH3 is 1. The van der Waals surface area contributed by atoms with Crippen molar-refractivity contribution in [1.82, 2.24) is 20.1 Å². The Kier molecular flexibility index (Phi) is 9.08. The molecule has 196 valence electrons. The molecule has 2 heterocycles. The summed E-state index contributed by atoms with van der Waals surface area (Å²) in [5.74, 6) is -0.855. The molecule has 2 aromatic rings. The number of nitrogens with one attached hydrogen (secondary N) is 1. The maximum absolute atomic E-state index is 12.6. The van der Waals surface area contributed by atoms with Gasteiger partial charge in [0.1, 0.15) is 12.1 Å². The highest BCUT2D eigenvalue weighted by Crippen LogP contribution is 2.23. The molecule has 10 heteroatoms. The molecule has 1 fully saturated rings. The molecule has 36 heavy (non-hydrogen) atoms. The minimum atomic E-state index is -0.506. The molecule has 3 rings (SSSR count). The van der Waals surface area contributed by atoms with Gasteiger partial charge in [0, 0.05) is 57.0 Å². The zero-order chi connectivity index (χ0) is 26.3. The number of hydrogen-bond donors (Lipinski definition) is 1. The second-order valence-electron chi connectivity index (χ2n) is 9.90. The lowest BCUT2D eigenvalue weighted by Crippen LogP contribution is -2.50. The van der Waals surface area contributed by atoms with Crippen molar-refractivity contribution in [2.45, 2.75) is 32.8 Å². The number of anilines is 1. The summed E-state index contributed by atoms with van der Waals surface area (Å²) in [5.41, 5.74) is 1.67. The summed E-state index contributed by atoms with van der Waals surface area (Å²) in [5, 5.41) is 3.31. The largest absolute Gasteiger partial charge is 0.468 e. The van der Waals surface area contributed by atoms with Crippen LogP contribution < -0.4 is 10.2 Å². The summed E-state index contributed by atoms with van der Waals surface area (Å²) in [7, 11) is 3.30. The first-order chi connectivity index (χ1) is 17.1. The van der Waals surface area contributed by atoms with E-state index in [1.807, 2.05) is 46.0 Å². The molecule has 2 amide bonds. The summed E-state index contributed by atoms with van der Waals surface area (Å²) in [6.45, 7) is 10.2. The van der Waals surface area contributed by atoms with E-state index in [2.05, 4.69) is 24.8 Å². The van der Waals surface area contributed by atoms with E-state index in [-0.39, 0.29) is 18.5 Å². The number of ether oxygens (including phenoxy) is 2. The molecule has 0 saturated carbocycles. The molecule has 1 saturated heterocycles. The van der Waals surface area contributed by atoms with Crippen molar-refractivity contribution in [3.63, 3.8) is 0 Å². The number of hydrogen-bond acceptors (Lipinski definition) is 8. The second kappa shape index (κ2) is 12.0. The number of fused-ring (bicyclic) bond motifs is 1. The van der Waals surface area contributed by atoms with Crippen LogP contribution in [0.15, 0.2) is 30.5 Å². The van der Waals surface area contributed by atoms with Crippen LogP contribution in [0.5, 0.6) is 0 Å². The molecule has 1 N–H and O–H groups in total. The standard InChI is InChI=1S/C26H37N5O5/c1-26(2,3)36-25(34)31-15-13-30(14-16-31)12-6-11-29(4)19-7-8-22-21(17-19)20(9-10-27-22)24(33)28-18-23(32)35-5/h7-10,17H,6,11-16,18H2,1-5H3,(H,28,33). The lowest BCUT2D eigenvalue weighted by molar-refractivity contribution is -0.139. The molecule has 10 nitrogen and oxygen atoms in total. The van der Waals surface area contributed by atoms with Gasteiger partial charge in [-0.1, -0.05) is 0 Å². The molecule has 0 radical (unpaired) electrons. The monoisotopic (exact) mass is 499 g/mol. The van der Waals surface area contributed by atoms with Crippen LogP contribution in [0.2, 0.25) is 0 Å². The van der Waals surface area contributed by atoms with Gasteiger partial charge in [-0.25, -0.2) is 4.79 Å². The van der Waals surface area contributed by atoms with E-state index in [0.29, 0.717) is 24.2 Å². The lowest BCUT2D eigenvalue weighted by Gasteiger charge is -2.35. The van der Waals surface area contributed by atoms with Crippen molar-refractivity contribution in [1.29, 1.82) is 0 Å². The Morgan fingerprint density at radius 3 is 2.50 bits per heavy atom. The Balaban J connectivity index is 1.53. The zero-order valence-corrected chi connectivity index (χ0v) is 21.9. The molecule has 1 aliphatic rings. The minimum absolute atomic E-state index is 0.190. The predicted molar refractivity (Wildman–Crippen MR) is 138 cm³/mol. The Labute approximate surface area is 212 Å². The molecule has 0 bridgehead atoms. The van der Waals surface area contributed by atoms with Crippen LogP contribution in [0.25, 0.3) is 10.9 Å². The normalized spacial score (nSPS) is 14.4. The minimum Gasteiger partial charge on any atom is -0.468 e. The smallest absolute Gasteiger partial charge is 0.410 e. The summed E-state index contributed by atoms with van der Waals surface area (Å²) < 4.78 is 10.1. The highest BCUT2D eigenvalue weighted by molar-refractivity contribution is 6.07. The van der Waals surface area contributed by atoms with Crippen LogP contribution in [-0.4, -0.2) is 98.3 Å². The fourth-order valence-electron chi connectivity index (χ4n) is 4.03. The molecule has 0 aliphatic carbocycles. The van der Waals surface area contributed by atoms with E-state index in [1.54, 1.807) is 17.2 Å². The van der Waals surface area contributed by atoms with Gasteiger partial charge in [0.05, 0.1) is 18.2 Å². The number of amides is 2. The number of aromatic nitrogens is 1. The molecular formula is C26H37N5O5. The van der Waals surface area contributed by atoms with Crippen LogP contribution in [0.3, 0.4) is 0 Å². The van der Waals surface area contributed by atoms with Crippen LogP contribution in [0, 0.1) is 0 Å². The number of nitrogens with zero attached hydrogens (tertiary/aromatic N) is 4. The topological polar surface area (TPSA) is 104 Å². The number of benzene rings is 1. The Bertz CT molecular complexity index is 1080. The van der Waals surface area contributed by atoms with Crippen LogP contribution in [0.1, 0.15) is 37.6 Å². The van der Waals surface area contributed by atoms with Gasteiger partial charge in [-0.05, 0) is 58.0 Å². The quantitative estimate of drug-likeness (QED) is 0.553. The Hall–Kier alpha value is -3.40. The molecule has 1 aliphatic heterocycles. The zero-order valence-electron chi connectivity index (χ0n) is 21.9. The van der Waals surface area contributed by atoms with E-state index in [0.717, 1.165) is 43.7 Å². The number of piperazine rings is 1. The van der Waals surface area contributed by atoms with Gasteiger partial charge in [0.25, 0.3) is 5.91 Å². The van der Waals surface area contributed by atoms with Gasteiger partial charge in [0.15, 0.2) is 0 Å². The number of rotatable bonds is 8. The molecule has 0 spiro atoms. The van der Waals surface area contributed by atoms with Crippen molar-refractivity contribution in [3.8, 4) is 0 Å². The van der Waals surface area contributed by atoms with Crippen molar-refractivity contribution >= 4 is 34.6 Å². The predicted octanol–water partition coefficient (Wildman–Crippen LogP) is 2.52. The maximum Gasteiger partial charge on any atom is 0.410 e. The number of carbonyl (C=O) groups is 3. The fraction of sp³-hybridized carbons (Fsp3) is 0.538. The van der Waals surface area contributed by atoms with E-state index in [4.69, 9.17) is 4.74 Å². The lowest BCUT2D eigenvalue weighted by atomic mass is 10.1. The molecule has 1 aromatic carbocycles. The average Bonchev–Trinajstić information content (AvgIpc) is 2.85. The van der Waals surface area contributed by atoms with Gasteiger partial charge >= 0.3 is 12.1 Å². The van der Waals surface area contributed by atoms with Crippen molar-refractivity contribution < 1.29 is 23.9 Å². The Morgan fingerprint density at radius 2 is 1.83 bits per heavy atom. The van der Waals surface area contributed by atoms with E-state index < -0.39 is 11.6 Å². The first kappa shape index (κ1) is 27.2. The van der Waals surface area contributed by atoms with Crippen LogP contribution >= 0.6 is 0 Å². The summed E-state index contributed by atoms with van der Waals surface area (Å²) in [6.07, 6.45) is 2.30. The third-order valence-electron chi connectivity index (χ3n) is 6.02. The van der Waals surface area contributed by atoms with E-state index in [9.17, 15) is 14.4 Å². The van der Waals surface area contributed by atoms with Gasteiger partial charge in [-0.3, -0.25) is 19.5 Å². The summed E-state index contributed by atoms with van der Waals surface area (Å²) in [4.78, 5) is 46.9. The van der Waals surface area contributed by atoms with Crippen molar-refractivity contribution in [2.24, 2.45) is 0 Å². The third-order valence-corrected chi connectivity index (χ3v) is 6.02. The summed E-state index contributed by atoms with van der Waals surface area (Å²) in [6, 6.07) is 7.49. The van der Waals surface area contributed by atoms with Gasteiger partial charge in [0.2, 0.25) is 0 Å². The average molecular weight is 500 g/mol. The molecule has 0 atom stereocenters. The SMILES string of the molecule is COC(=O)CNC(=O)c1ccnc2ccc(N(C)CCCN3CCN(C(=O)OC(C)(C)C)CC3)cc12. The number of esters is 1. The van der Waals surface area contributed by atoms with Crippen LogP contribution in [-0.2, 0) is 14.3 Å². The van der Waals surface area contributed by atoms with Crippen molar-refractivity contribution in [3.05, 3.63) is 36.0 Å². The number of pyridine rings is 1. The van der Waals surface area contributed by atoms with Gasteiger partial charge < -0.3 is 24.6 Å². The highest BCUT2D eigenvalue weighted by Gasteiger charge is 2.25. The number of carbonyl (C=O) groups excluding carboxylic acids is 3. The van der Waals surface area contributed by atoms with E-state index >= 15 is 0 Å². The molecular weight excluding hydrogens is 462 g/mol. The molecule has 1 aromatic heterocycles. The second-order valence-corrected chi connectivity index (χ2v) is 9.90. The van der Waals surface area contributed by atoms with Gasteiger partial charge in [-0.15, -0.1) is 0 Å². The maximum atomic E-state index is 12.6. The fourth-order valence-corrected chi connectivity index (χ4v) is 4.03. The van der Waals surface area contributed by atoms with E-state index in [1.165, 1.54) is 7.11 Å². The van der Waals surface area contributed by atoms with Crippen molar-refractivity contribution in [2.75, 3.05) is 64.9 Å². The Morgan fingerprint density at radius 1 is 1.11 bits per heavy atom. The first-order valence-corrected chi connectivity index (χ1v) is 12.2. The van der Waals surface area contributed by atoms with Gasteiger partial charge in [-0.2, -0.15) is 0 Å². The summed E-state index contributed by atoms with van der Waals surface area (Å²) >= 11 is 0. The first-order valence-electron chi connectivity index (χ1n) is 12.2. The molecule has 0 unspecified atom stereocenters. The third kappa shape index (κ3) is 7.55.